The molecule has 0 aliphatic carbocycles. The number of anilines is 1. The number of hydrogen-bond donors (Lipinski definition) is 2. The summed E-state index contributed by atoms with van der Waals surface area (Å²) in [5.74, 6) is 0.767. The molecule has 0 bridgehead atoms. The molecule has 0 spiro atoms. The molecule has 0 saturated carbocycles. The Morgan fingerprint density at radius 2 is 2.07 bits per heavy atom. The van der Waals surface area contributed by atoms with E-state index in [0.717, 1.165) is 5.75 Å². The second kappa shape index (κ2) is 5.62. The molecule has 1 aromatic carbocycles. The van der Waals surface area contributed by atoms with Crippen molar-refractivity contribution in [3.8, 4) is 5.75 Å². The summed E-state index contributed by atoms with van der Waals surface area (Å²) in [6, 6.07) is 7.16. The zero-order chi connectivity index (χ0) is 10.4. The smallest absolute Gasteiger partial charge is 0.119 e. The maximum atomic E-state index is 10.6. The van der Waals surface area contributed by atoms with Gasteiger partial charge in [0.2, 0.25) is 0 Å². The molecule has 0 aromatic heterocycles. The Morgan fingerprint density at radius 3 is 2.64 bits per heavy atom. The number of rotatable bonds is 5. The lowest BCUT2D eigenvalue weighted by Gasteiger charge is -2.05. The number of ether oxygens (including phenoxy) is 1. The van der Waals surface area contributed by atoms with Gasteiger partial charge in [0.25, 0.3) is 0 Å². The van der Waals surface area contributed by atoms with E-state index in [1.165, 1.54) is 0 Å². The van der Waals surface area contributed by atoms with Crippen LogP contribution in [0.3, 0.4) is 0 Å². The third-order valence-corrected chi connectivity index (χ3v) is 2.17. The molecule has 78 valence electrons. The van der Waals surface area contributed by atoms with Crippen LogP contribution >= 0.6 is 0 Å². The second-order valence-electron chi connectivity index (χ2n) is 2.77. The van der Waals surface area contributed by atoms with Crippen LogP contribution in [0.5, 0.6) is 5.75 Å². The van der Waals surface area contributed by atoms with Gasteiger partial charge >= 0.3 is 0 Å². The normalized spacial score (nSPS) is 12.4. The van der Waals surface area contributed by atoms with Gasteiger partial charge in [-0.2, -0.15) is 0 Å². The second-order valence-corrected chi connectivity index (χ2v) is 3.96. The third kappa shape index (κ3) is 4.25. The first kappa shape index (κ1) is 11.0. The van der Waals surface area contributed by atoms with E-state index in [4.69, 9.17) is 10.5 Å². The minimum atomic E-state index is -0.977. The molecule has 14 heavy (non-hydrogen) atoms. The first-order valence-corrected chi connectivity index (χ1v) is 5.79. The summed E-state index contributed by atoms with van der Waals surface area (Å²) in [5, 5.41) is 0. The van der Waals surface area contributed by atoms with Crippen LogP contribution in [0.25, 0.3) is 0 Å². The highest BCUT2D eigenvalue weighted by Gasteiger charge is 1.93. The molecule has 0 aliphatic rings. The zero-order valence-corrected chi connectivity index (χ0v) is 8.84. The number of hydrogen-bond acceptors (Lipinski definition) is 3. The predicted molar refractivity (Wildman–Crippen MR) is 58.4 cm³/mol. The van der Waals surface area contributed by atoms with Crippen LogP contribution in [0.4, 0.5) is 5.69 Å². The fourth-order valence-corrected chi connectivity index (χ4v) is 1.29. The van der Waals surface area contributed by atoms with E-state index in [0.29, 0.717) is 18.8 Å². The molecule has 3 N–H and O–H groups in total. The molecule has 0 saturated heterocycles. The highest BCUT2D eigenvalue weighted by atomic mass is 32.2. The summed E-state index contributed by atoms with van der Waals surface area (Å²) in [7, 11) is -0.977. The highest BCUT2D eigenvalue weighted by molar-refractivity contribution is 7.82. The van der Waals surface area contributed by atoms with Gasteiger partial charge in [-0.3, -0.25) is 0 Å². The fourth-order valence-electron chi connectivity index (χ4n) is 0.918. The summed E-state index contributed by atoms with van der Waals surface area (Å²) in [4.78, 5) is 0. The molecular weight excluding hydrogens is 200 g/mol. The van der Waals surface area contributed by atoms with Crippen molar-refractivity contribution in [3.05, 3.63) is 24.3 Å². The van der Waals surface area contributed by atoms with Gasteiger partial charge in [0.05, 0.1) is 11.0 Å². The molecule has 4 nitrogen and oxygen atoms in total. The van der Waals surface area contributed by atoms with Crippen molar-refractivity contribution in [2.45, 2.75) is 0 Å². The molecule has 1 rings (SSSR count). The van der Waals surface area contributed by atoms with Crippen molar-refractivity contribution in [3.63, 3.8) is 0 Å². The van der Waals surface area contributed by atoms with E-state index in [1.807, 2.05) is 0 Å². The molecule has 0 aliphatic heterocycles. The Balaban J connectivity index is 2.25. The van der Waals surface area contributed by atoms with E-state index in [-0.39, 0.29) is 0 Å². The van der Waals surface area contributed by atoms with Gasteiger partial charge in [-0.25, -0.2) is 8.93 Å². The summed E-state index contributed by atoms with van der Waals surface area (Å²) < 4.78 is 18.7. The Labute approximate surface area is 86.0 Å². The van der Waals surface area contributed by atoms with Crippen LogP contribution in [0.15, 0.2) is 24.3 Å². The van der Waals surface area contributed by atoms with Crippen molar-refractivity contribution in [2.75, 3.05) is 25.1 Å². The van der Waals surface area contributed by atoms with Crippen LogP contribution < -0.4 is 15.2 Å². The quantitative estimate of drug-likeness (QED) is 0.555. The standard InChI is InChI=1S/C9H14N2O2S/c1-14(12)11-6-7-13-9-4-2-8(10)3-5-9/h2-5,11H,6-7,10H2,1H3. The summed E-state index contributed by atoms with van der Waals surface area (Å²) >= 11 is 0. The lowest BCUT2D eigenvalue weighted by molar-refractivity contribution is 0.324. The number of benzene rings is 1. The Kier molecular flexibility index (Phi) is 4.42. The van der Waals surface area contributed by atoms with E-state index in [9.17, 15) is 4.21 Å². The molecule has 1 unspecified atom stereocenters. The number of nitrogens with two attached hydrogens (primary N) is 1. The maximum absolute atomic E-state index is 10.6. The van der Waals surface area contributed by atoms with Crippen LogP contribution in [0.2, 0.25) is 0 Å². The van der Waals surface area contributed by atoms with Gasteiger partial charge < -0.3 is 10.5 Å². The number of nitrogens with one attached hydrogen (secondary N) is 1. The van der Waals surface area contributed by atoms with Crippen molar-refractivity contribution < 1.29 is 8.95 Å². The molecule has 0 fully saturated rings. The van der Waals surface area contributed by atoms with E-state index in [2.05, 4.69) is 4.72 Å². The first-order valence-electron chi connectivity index (χ1n) is 4.24. The SMILES string of the molecule is CS(=O)NCCOc1ccc(N)cc1. The van der Waals surface area contributed by atoms with E-state index in [1.54, 1.807) is 30.5 Å². The molecule has 0 amide bonds. The van der Waals surface area contributed by atoms with Crippen LogP contribution in [-0.4, -0.2) is 23.6 Å². The average Bonchev–Trinajstić information content (AvgIpc) is 2.15. The highest BCUT2D eigenvalue weighted by Crippen LogP contribution is 2.12. The largest absolute Gasteiger partial charge is 0.492 e. The van der Waals surface area contributed by atoms with Gasteiger partial charge in [-0.05, 0) is 24.3 Å². The van der Waals surface area contributed by atoms with Gasteiger partial charge in [-0.1, -0.05) is 0 Å². The molecule has 1 atom stereocenters. The summed E-state index contributed by atoms with van der Waals surface area (Å²) in [5.41, 5.74) is 6.23. The molecular formula is C9H14N2O2S. The van der Waals surface area contributed by atoms with Gasteiger partial charge in [-0.15, -0.1) is 0 Å². The van der Waals surface area contributed by atoms with Gasteiger partial charge in [0, 0.05) is 18.5 Å². The van der Waals surface area contributed by atoms with Crippen molar-refractivity contribution in [2.24, 2.45) is 0 Å². The lowest BCUT2D eigenvalue weighted by atomic mass is 10.3. The van der Waals surface area contributed by atoms with Crippen LogP contribution in [0, 0.1) is 0 Å². The minimum Gasteiger partial charge on any atom is -0.492 e. The Morgan fingerprint density at radius 1 is 1.43 bits per heavy atom. The number of nitrogen functional groups attached to an aromatic ring is 1. The van der Waals surface area contributed by atoms with Crippen molar-refractivity contribution in [1.29, 1.82) is 0 Å². The first-order chi connectivity index (χ1) is 6.68. The molecule has 0 radical (unpaired) electrons. The summed E-state index contributed by atoms with van der Waals surface area (Å²) in [6.45, 7) is 1.05. The lowest BCUT2D eigenvalue weighted by Crippen LogP contribution is -2.22. The van der Waals surface area contributed by atoms with Crippen molar-refractivity contribution >= 4 is 16.7 Å². The Bertz CT molecular complexity index is 300. The van der Waals surface area contributed by atoms with Crippen LogP contribution in [-0.2, 0) is 11.0 Å². The zero-order valence-electron chi connectivity index (χ0n) is 8.03. The fraction of sp³-hybridized carbons (Fsp3) is 0.333. The third-order valence-electron chi connectivity index (χ3n) is 1.56. The van der Waals surface area contributed by atoms with E-state index < -0.39 is 11.0 Å². The Hall–Kier alpha value is -1.07. The minimum absolute atomic E-state index is 0.490. The maximum Gasteiger partial charge on any atom is 0.119 e. The van der Waals surface area contributed by atoms with Gasteiger partial charge in [0.15, 0.2) is 0 Å². The molecule has 1 aromatic rings. The van der Waals surface area contributed by atoms with Crippen LogP contribution in [0.1, 0.15) is 0 Å². The van der Waals surface area contributed by atoms with Gasteiger partial charge in [0.1, 0.15) is 12.4 Å². The summed E-state index contributed by atoms with van der Waals surface area (Å²) in [6.07, 6.45) is 1.59. The monoisotopic (exact) mass is 214 g/mol. The predicted octanol–water partition coefficient (Wildman–Crippen LogP) is 0.531. The van der Waals surface area contributed by atoms with E-state index >= 15 is 0 Å². The average molecular weight is 214 g/mol. The molecule has 0 heterocycles. The molecule has 5 heteroatoms. The van der Waals surface area contributed by atoms with Crippen molar-refractivity contribution in [1.82, 2.24) is 4.72 Å². The topological polar surface area (TPSA) is 64.3 Å².